The van der Waals surface area contributed by atoms with Gasteiger partial charge in [0.2, 0.25) is 10.0 Å². The molecule has 1 aromatic carbocycles. The molecule has 1 rings (SSSR count). The van der Waals surface area contributed by atoms with Crippen LogP contribution in [0.4, 0.5) is 5.69 Å². The van der Waals surface area contributed by atoms with Gasteiger partial charge in [0.05, 0.1) is 9.82 Å². The van der Waals surface area contributed by atoms with E-state index in [9.17, 15) is 18.5 Å². The SMILES string of the molecule is CC(C)(C)CNS(=O)(=O)c1ccc(Cl)c([N+](=O)[O-])c1. The van der Waals surface area contributed by atoms with E-state index in [2.05, 4.69) is 4.72 Å². The van der Waals surface area contributed by atoms with Gasteiger partial charge in [-0.2, -0.15) is 0 Å². The molecule has 106 valence electrons. The number of hydrogen-bond donors (Lipinski definition) is 1. The van der Waals surface area contributed by atoms with Crippen molar-refractivity contribution in [3.8, 4) is 0 Å². The van der Waals surface area contributed by atoms with E-state index in [-0.39, 0.29) is 21.9 Å². The van der Waals surface area contributed by atoms with Crippen LogP contribution in [0.15, 0.2) is 23.1 Å². The summed E-state index contributed by atoms with van der Waals surface area (Å²) in [6.45, 7) is 5.85. The summed E-state index contributed by atoms with van der Waals surface area (Å²) in [7, 11) is -3.78. The number of benzene rings is 1. The molecule has 6 nitrogen and oxygen atoms in total. The maximum Gasteiger partial charge on any atom is 0.289 e. The monoisotopic (exact) mass is 306 g/mol. The molecule has 0 unspecified atom stereocenters. The van der Waals surface area contributed by atoms with Crippen molar-refractivity contribution in [2.24, 2.45) is 5.41 Å². The molecule has 0 spiro atoms. The maximum absolute atomic E-state index is 12.0. The third-order valence-corrected chi connectivity index (χ3v) is 3.94. The van der Waals surface area contributed by atoms with Crippen LogP contribution in [0.2, 0.25) is 5.02 Å². The van der Waals surface area contributed by atoms with Gasteiger partial charge in [-0.15, -0.1) is 0 Å². The van der Waals surface area contributed by atoms with Crippen molar-refractivity contribution in [2.45, 2.75) is 25.7 Å². The molecule has 0 heterocycles. The largest absolute Gasteiger partial charge is 0.289 e. The number of rotatable bonds is 4. The van der Waals surface area contributed by atoms with Crippen LogP contribution in [0.1, 0.15) is 20.8 Å². The first-order chi connectivity index (χ1) is 8.53. The zero-order valence-corrected chi connectivity index (χ0v) is 12.4. The maximum atomic E-state index is 12.0. The molecule has 0 amide bonds. The van der Waals surface area contributed by atoms with E-state index in [1.54, 1.807) is 0 Å². The predicted molar refractivity (Wildman–Crippen MR) is 72.7 cm³/mol. The number of sulfonamides is 1. The van der Waals surface area contributed by atoms with Crippen LogP contribution in [-0.4, -0.2) is 19.9 Å². The highest BCUT2D eigenvalue weighted by molar-refractivity contribution is 7.89. The van der Waals surface area contributed by atoms with E-state index in [0.29, 0.717) is 0 Å². The number of nitrogens with one attached hydrogen (secondary N) is 1. The van der Waals surface area contributed by atoms with Gasteiger partial charge in [0.25, 0.3) is 5.69 Å². The van der Waals surface area contributed by atoms with E-state index in [1.165, 1.54) is 12.1 Å². The topological polar surface area (TPSA) is 89.3 Å². The van der Waals surface area contributed by atoms with Gasteiger partial charge in [-0.05, 0) is 17.5 Å². The van der Waals surface area contributed by atoms with E-state index >= 15 is 0 Å². The van der Waals surface area contributed by atoms with Crippen molar-refractivity contribution >= 4 is 27.3 Å². The van der Waals surface area contributed by atoms with Crippen LogP contribution in [-0.2, 0) is 10.0 Å². The van der Waals surface area contributed by atoms with Gasteiger partial charge in [-0.3, -0.25) is 10.1 Å². The quantitative estimate of drug-likeness (QED) is 0.684. The Morgan fingerprint density at radius 1 is 1.37 bits per heavy atom. The van der Waals surface area contributed by atoms with Gasteiger partial charge in [0.1, 0.15) is 5.02 Å². The Morgan fingerprint density at radius 2 is 1.95 bits per heavy atom. The highest BCUT2D eigenvalue weighted by atomic mass is 35.5. The van der Waals surface area contributed by atoms with Crippen molar-refractivity contribution in [2.75, 3.05) is 6.54 Å². The first kappa shape index (κ1) is 15.9. The molecule has 0 aliphatic carbocycles. The molecule has 0 aromatic heterocycles. The lowest BCUT2D eigenvalue weighted by Crippen LogP contribution is -2.32. The molecule has 0 aliphatic rings. The summed E-state index contributed by atoms with van der Waals surface area (Å²) in [6.07, 6.45) is 0. The standard InChI is InChI=1S/C11H15ClN2O4S/c1-11(2,3)7-13-19(17,18)8-4-5-9(12)10(6-8)14(15)16/h4-6,13H,7H2,1-3H3. The molecule has 0 bridgehead atoms. The van der Waals surface area contributed by atoms with Gasteiger partial charge < -0.3 is 0 Å². The smallest absolute Gasteiger partial charge is 0.258 e. The second-order valence-electron chi connectivity index (χ2n) is 5.26. The van der Waals surface area contributed by atoms with Crippen LogP contribution >= 0.6 is 11.6 Å². The first-order valence-corrected chi connectivity index (χ1v) is 7.33. The molecule has 0 atom stereocenters. The Labute approximate surface area is 117 Å². The van der Waals surface area contributed by atoms with Gasteiger partial charge >= 0.3 is 0 Å². The molecule has 0 aliphatic heterocycles. The average Bonchev–Trinajstić information content (AvgIpc) is 2.25. The lowest BCUT2D eigenvalue weighted by atomic mass is 9.98. The average molecular weight is 307 g/mol. The fourth-order valence-corrected chi connectivity index (χ4v) is 2.68. The van der Waals surface area contributed by atoms with E-state index < -0.39 is 20.6 Å². The van der Waals surface area contributed by atoms with Gasteiger partial charge in [-0.25, -0.2) is 13.1 Å². The fourth-order valence-electron chi connectivity index (χ4n) is 1.19. The summed E-state index contributed by atoms with van der Waals surface area (Å²) >= 11 is 5.63. The second kappa shape index (κ2) is 5.44. The number of halogens is 1. The van der Waals surface area contributed by atoms with Crippen LogP contribution in [0.25, 0.3) is 0 Å². The van der Waals surface area contributed by atoms with E-state index in [0.717, 1.165) is 6.07 Å². The Morgan fingerprint density at radius 3 is 2.42 bits per heavy atom. The molecule has 8 heteroatoms. The summed E-state index contributed by atoms with van der Waals surface area (Å²) in [5.74, 6) is 0. The number of nitro groups is 1. The Balaban J connectivity index is 3.09. The molecule has 1 aromatic rings. The van der Waals surface area contributed by atoms with Crippen molar-refractivity contribution in [3.63, 3.8) is 0 Å². The summed E-state index contributed by atoms with van der Waals surface area (Å²) in [5.41, 5.74) is -0.661. The fraction of sp³-hybridized carbons (Fsp3) is 0.455. The minimum Gasteiger partial charge on any atom is -0.258 e. The molecule has 0 saturated heterocycles. The zero-order valence-electron chi connectivity index (χ0n) is 10.8. The lowest BCUT2D eigenvalue weighted by molar-refractivity contribution is -0.384. The summed E-state index contributed by atoms with van der Waals surface area (Å²) < 4.78 is 26.4. The van der Waals surface area contributed by atoms with Crippen molar-refractivity contribution in [3.05, 3.63) is 33.3 Å². The molecule has 19 heavy (non-hydrogen) atoms. The Kier molecular flexibility index (Phi) is 4.54. The lowest BCUT2D eigenvalue weighted by Gasteiger charge is -2.18. The van der Waals surface area contributed by atoms with Crippen molar-refractivity contribution < 1.29 is 13.3 Å². The predicted octanol–water partition coefficient (Wildman–Crippen LogP) is 2.57. The highest BCUT2D eigenvalue weighted by Crippen LogP contribution is 2.27. The van der Waals surface area contributed by atoms with Crippen molar-refractivity contribution in [1.82, 2.24) is 4.72 Å². The minimum absolute atomic E-state index is 0.0974. The molecular formula is C11H15ClN2O4S. The number of hydrogen-bond acceptors (Lipinski definition) is 4. The Hall–Kier alpha value is -1.18. The van der Waals surface area contributed by atoms with Crippen LogP contribution in [0.3, 0.4) is 0 Å². The van der Waals surface area contributed by atoms with Gasteiger partial charge in [0, 0.05) is 12.6 Å². The zero-order chi connectivity index (χ0) is 14.8. The number of nitro benzene ring substituents is 1. The number of nitrogens with zero attached hydrogens (tertiary/aromatic N) is 1. The summed E-state index contributed by atoms with van der Waals surface area (Å²) in [4.78, 5) is 9.83. The van der Waals surface area contributed by atoms with Crippen molar-refractivity contribution in [1.29, 1.82) is 0 Å². The van der Waals surface area contributed by atoms with Crippen LogP contribution < -0.4 is 4.72 Å². The second-order valence-corrected chi connectivity index (χ2v) is 7.43. The first-order valence-electron chi connectivity index (χ1n) is 5.46. The third-order valence-electron chi connectivity index (χ3n) is 2.22. The van der Waals surface area contributed by atoms with E-state index in [1.807, 2.05) is 20.8 Å². The van der Waals surface area contributed by atoms with Gasteiger partial charge in [0.15, 0.2) is 0 Å². The minimum atomic E-state index is -3.78. The highest BCUT2D eigenvalue weighted by Gasteiger charge is 2.22. The van der Waals surface area contributed by atoms with E-state index in [4.69, 9.17) is 11.6 Å². The normalized spacial score (nSPS) is 12.4. The Bertz CT molecular complexity index is 593. The molecule has 1 N–H and O–H groups in total. The summed E-state index contributed by atoms with van der Waals surface area (Å²) in [6, 6.07) is 3.39. The third kappa shape index (κ3) is 4.45. The summed E-state index contributed by atoms with van der Waals surface area (Å²) in [5, 5.41) is 10.6. The van der Waals surface area contributed by atoms with Gasteiger partial charge in [-0.1, -0.05) is 32.4 Å². The van der Waals surface area contributed by atoms with Crippen LogP contribution in [0.5, 0.6) is 0 Å². The molecule has 0 radical (unpaired) electrons. The molecular weight excluding hydrogens is 292 g/mol. The van der Waals surface area contributed by atoms with Crippen LogP contribution in [0, 0.1) is 15.5 Å². The molecule has 0 saturated carbocycles. The molecule has 0 fully saturated rings.